The van der Waals surface area contributed by atoms with Crippen molar-refractivity contribution in [2.24, 2.45) is 0 Å². The molecule has 0 saturated carbocycles. The van der Waals surface area contributed by atoms with Crippen molar-refractivity contribution in [3.8, 4) is 0 Å². The molecule has 0 radical (unpaired) electrons. The number of rotatable bonds is 10. The molecule has 0 aliphatic carbocycles. The quantitative estimate of drug-likeness (QED) is 0.306. The highest BCUT2D eigenvalue weighted by atomic mass is 32.1. The van der Waals surface area contributed by atoms with Crippen molar-refractivity contribution in [1.82, 2.24) is 9.88 Å². The molecular formula is C23H27N3O5S. The third-order valence-electron chi connectivity index (χ3n) is 5.19. The number of aryl methyl sites for hydroxylation is 1. The van der Waals surface area contributed by atoms with Crippen LogP contribution in [0.5, 0.6) is 0 Å². The van der Waals surface area contributed by atoms with Gasteiger partial charge in [0.25, 0.3) is 11.8 Å². The highest BCUT2D eigenvalue weighted by Crippen LogP contribution is 2.28. The number of nitrogens with zero attached hydrogens (tertiary/aromatic N) is 3. The Balaban J connectivity index is 1.74. The molecule has 0 spiro atoms. The van der Waals surface area contributed by atoms with Crippen LogP contribution in [-0.2, 0) is 9.53 Å². The molecule has 1 aromatic heterocycles. The third-order valence-corrected chi connectivity index (χ3v) is 6.35. The van der Waals surface area contributed by atoms with Gasteiger partial charge in [0.15, 0.2) is 5.13 Å². The second-order valence-electron chi connectivity index (χ2n) is 7.44. The Morgan fingerprint density at radius 2 is 1.75 bits per heavy atom. The van der Waals surface area contributed by atoms with E-state index in [2.05, 4.69) is 11.9 Å². The number of unbranched alkanes of at least 4 members (excludes halogenated alkanes) is 2. The second-order valence-corrected chi connectivity index (χ2v) is 8.42. The van der Waals surface area contributed by atoms with E-state index in [1.807, 2.05) is 0 Å². The van der Waals surface area contributed by atoms with Crippen LogP contribution in [-0.4, -0.2) is 53.3 Å². The van der Waals surface area contributed by atoms with Crippen molar-refractivity contribution in [3.63, 3.8) is 0 Å². The van der Waals surface area contributed by atoms with Gasteiger partial charge in [-0.2, -0.15) is 0 Å². The lowest BCUT2D eigenvalue weighted by Crippen LogP contribution is -2.37. The van der Waals surface area contributed by atoms with E-state index in [9.17, 15) is 19.2 Å². The largest absolute Gasteiger partial charge is 0.462 e. The molecular weight excluding hydrogens is 430 g/mol. The number of carbonyl (C=O) groups excluding carboxylic acids is 4. The molecule has 0 bridgehead atoms. The molecule has 1 aliphatic rings. The van der Waals surface area contributed by atoms with E-state index in [-0.39, 0.29) is 37.3 Å². The molecule has 0 saturated heterocycles. The van der Waals surface area contributed by atoms with Gasteiger partial charge in [-0.3, -0.25) is 24.2 Å². The molecule has 1 aromatic carbocycles. The summed E-state index contributed by atoms with van der Waals surface area (Å²) in [5.41, 5.74) is 1.23. The predicted octanol–water partition coefficient (Wildman–Crippen LogP) is 3.84. The van der Waals surface area contributed by atoms with Crippen molar-refractivity contribution >= 4 is 40.2 Å². The number of hydrogen-bond acceptors (Lipinski definition) is 7. The zero-order chi connectivity index (χ0) is 23.3. The van der Waals surface area contributed by atoms with Crippen LogP contribution in [0.2, 0.25) is 0 Å². The average Bonchev–Trinajstić information content (AvgIpc) is 3.28. The standard InChI is InChI=1S/C23H27N3O5S/c1-4-6-9-13-25(23-24-15(3)19(32-23)22(30)31-5-2)18(27)12-14-26-20(28)16-10-7-8-11-17(16)21(26)29/h7-8,10-11H,4-6,9,12-14H2,1-3H3. The summed E-state index contributed by atoms with van der Waals surface area (Å²) in [4.78, 5) is 57.9. The average molecular weight is 458 g/mol. The van der Waals surface area contributed by atoms with Crippen LogP contribution in [0.25, 0.3) is 0 Å². The number of esters is 1. The first-order valence-electron chi connectivity index (χ1n) is 10.8. The van der Waals surface area contributed by atoms with Gasteiger partial charge in [-0.25, -0.2) is 9.78 Å². The van der Waals surface area contributed by atoms with Crippen molar-refractivity contribution in [3.05, 3.63) is 46.0 Å². The van der Waals surface area contributed by atoms with E-state index < -0.39 is 5.97 Å². The third kappa shape index (κ3) is 4.88. The van der Waals surface area contributed by atoms with E-state index in [0.29, 0.717) is 33.4 Å². The fraction of sp³-hybridized carbons (Fsp3) is 0.435. The number of ether oxygens (including phenoxy) is 1. The van der Waals surface area contributed by atoms with Gasteiger partial charge in [0.1, 0.15) is 4.88 Å². The molecule has 0 fully saturated rings. The minimum Gasteiger partial charge on any atom is -0.462 e. The SMILES string of the molecule is CCCCCN(C(=O)CCN1C(=O)c2ccccc2C1=O)c1nc(C)c(C(=O)OCC)s1. The molecule has 0 N–H and O–H groups in total. The molecule has 3 rings (SSSR count). The summed E-state index contributed by atoms with van der Waals surface area (Å²) in [5.74, 6) is -1.47. The predicted molar refractivity (Wildman–Crippen MR) is 121 cm³/mol. The van der Waals surface area contributed by atoms with Crippen LogP contribution in [0.3, 0.4) is 0 Å². The second kappa shape index (κ2) is 10.5. The lowest BCUT2D eigenvalue weighted by atomic mass is 10.1. The minimum absolute atomic E-state index is 0.00938. The first-order valence-corrected chi connectivity index (χ1v) is 11.6. The van der Waals surface area contributed by atoms with E-state index in [1.165, 1.54) is 0 Å². The molecule has 0 unspecified atom stereocenters. The summed E-state index contributed by atoms with van der Waals surface area (Å²) in [7, 11) is 0. The number of benzene rings is 1. The zero-order valence-corrected chi connectivity index (χ0v) is 19.4. The summed E-state index contributed by atoms with van der Waals surface area (Å²) in [5, 5.41) is 0.425. The maximum Gasteiger partial charge on any atom is 0.350 e. The van der Waals surface area contributed by atoms with Gasteiger partial charge in [0.2, 0.25) is 5.91 Å². The van der Waals surface area contributed by atoms with Gasteiger partial charge in [-0.05, 0) is 32.4 Å². The van der Waals surface area contributed by atoms with Crippen molar-refractivity contribution in [2.45, 2.75) is 46.5 Å². The number of imide groups is 1. The molecule has 170 valence electrons. The fourth-order valence-corrected chi connectivity index (χ4v) is 4.52. The highest BCUT2D eigenvalue weighted by Gasteiger charge is 2.35. The molecule has 3 amide bonds. The number of carbonyl (C=O) groups is 4. The van der Waals surface area contributed by atoms with Crippen molar-refractivity contribution in [1.29, 1.82) is 0 Å². The van der Waals surface area contributed by atoms with Gasteiger partial charge < -0.3 is 4.74 Å². The van der Waals surface area contributed by atoms with Gasteiger partial charge in [0, 0.05) is 19.5 Å². The molecule has 8 nitrogen and oxygen atoms in total. The molecule has 1 aliphatic heterocycles. The number of aromatic nitrogens is 1. The van der Waals surface area contributed by atoms with Gasteiger partial charge in [-0.1, -0.05) is 43.2 Å². The van der Waals surface area contributed by atoms with Crippen LogP contribution < -0.4 is 4.90 Å². The fourth-order valence-electron chi connectivity index (χ4n) is 3.52. The van der Waals surface area contributed by atoms with E-state index in [0.717, 1.165) is 35.5 Å². The highest BCUT2D eigenvalue weighted by molar-refractivity contribution is 7.17. The van der Waals surface area contributed by atoms with Crippen molar-refractivity contribution in [2.75, 3.05) is 24.6 Å². The maximum atomic E-state index is 13.1. The Hall–Kier alpha value is -3.07. The number of amides is 3. The number of fused-ring (bicyclic) bond motifs is 1. The molecule has 0 atom stereocenters. The van der Waals surface area contributed by atoms with Crippen LogP contribution in [0, 0.1) is 6.92 Å². The van der Waals surface area contributed by atoms with Crippen LogP contribution in [0.15, 0.2) is 24.3 Å². The lowest BCUT2D eigenvalue weighted by Gasteiger charge is -2.21. The van der Waals surface area contributed by atoms with E-state index >= 15 is 0 Å². The Morgan fingerprint density at radius 1 is 1.09 bits per heavy atom. The van der Waals surface area contributed by atoms with Crippen LogP contribution >= 0.6 is 11.3 Å². The molecule has 32 heavy (non-hydrogen) atoms. The molecule has 2 heterocycles. The number of thiazole rings is 1. The first-order chi connectivity index (χ1) is 15.4. The zero-order valence-electron chi connectivity index (χ0n) is 18.6. The summed E-state index contributed by atoms with van der Waals surface area (Å²) in [6, 6.07) is 6.65. The van der Waals surface area contributed by atoms with Crippen LogP contribution in [0.4, 0.5) is 5.13 Å². The van der Waals surface area contributed by atoms with Gasteiger partial charge in [0.05, 0.1) is 23.4 Å². The molecule has 9 heteroatoms. The Kier molecular flexibility index (Phi) is 7.74. The summed E-state index contributed by atoms with van der Waals surface area (Å²) in [6.45, 7) is 6.20. The number of hydrogen-bond donors (Lipinski definition) is 0. The maximum absolute atomic E-state index is 13.1. The summed E-state index contributed by atoms with van der Waals surface area (Å²) >= 11 is 1.12. The topological polar surface area (TPSA) is 96.9 Å². The monoisotopic (exact) mass is 457 g/mol. The Morgan fingerprint density at radius 3 is 2.34 bits per heavy atom. The number of anilines is 1. The smallest absolute Gasteiger partial charge is 0.350 e. The minimum atomic E-state index is -0.458. The van der Waals surface area contributed by atoms with E-state index in [4.69, 9.17) is 4.74 Å². The van der Waals surface area contributed by atoms with Crippen LogP contribution in [0.1, 0.15) is 75.6 Å². The lowest BCUT2D eigenvalue weighted by molar-refractivity contribution is -0.118. The molecule has 2 aromatic rings. The summed E-state index contributed by atoms with van der Waals surface area (Å²) < 4.78 is 5.08. The summed E-state index contributed by atoms with van der Waals surface area (Å²) in [6.07, 6.45) is 2.69. The van der Waals surface area contributed by atoms with Crippen molar-refractivity contribution < 1.29 is 23.9 Å². The Bertz CT molecular complexity index is 997. The van der Waals surface area contributed by atoms with Gasteiger partial charge >= 0.3 is 5.97 Å². The Labute approximate surface area is 191 Å². The van der Waals surface area contributed by atoms with E-state index in [1.54, 1.807) is 43.0 Å². The van der Waals surface area contributed by atoms with Gasteiger partial charge in [-0.15, -0.1) is 0 Å². The normalized spacial score (nSPS) is 12.8. The first kappa shape index (κ1) is 23.6.